The van der Waals surface area contributed by atoms with E-state index in [1.807, 2.05) is 0 Å². The van der Waals surface area contributed by atoms with Crippen molar-refractivity contribution < 1.29 is 14.7 Å². The number of hydrogen-bond donors (Lipinski definition) is 2. The lowest BCUT2D eigenvalue weighted by Gasteiger charge is -2.28. The Bertz CT molecular complexity index is 346. The van der Waals surface area contributed by atoms with Crippen LogP contribution in [0, 0.1) is 11.8 Å². The molecule has 2 rings (SSSR count). The molecule has 1 aliphatic heterocycles. The fraction of sp³-hybridized carbons (Fsp3) is 0.857. The number of amides is 2. The Morgan fingerprint density at radius 2 is 2.05 bits per heavy atom. The van der Waals surface area contributed by atoms with E-state index in [2.05, 4.69) is 12.2 Å². The molecule has 108 valence electrons. The summed E-state index contributed by atoms with van der Waals surface area (Å²) in [5.74, 6) is 0.409. The molecule has 2 N–H and O–H groups in total. The molecular weight excluding hydrogens is 244 g/mol. The maximum atomic E-state index is 12.0. The number of aliphatic carboxylic acids is 1. The lowest BCUT2D eigenvalue weighted by Crippen LogP contribution is -2.47. The number of carboxylic acid groups (broad SMARTS) is 1. The highest BCUT2D eigenvalue weighted by atomic mass is 16.4. The number of nitrogens with zero attached hydrogens (tertiary/aromatic N) is 1. The van der Waals surface area contributed by atoms with E-state index in [1.165, 1.54) is 30.6 Å². The smallest absolute Gasteiger partial charge is 0.326 e. The molecule has 5 nitrogen and oxygen atoms in total. The lowest BCUT2D eigenvalue weighted by molar-refractivity contribution is -0.141. The summed E-state index contributed by atoms with van der Waals surface area (Å²) in [5.41, 5.74) is 0. The number of carbonyl (C=O) groups excluding carboxylic acids is 1. The SMILES string of the molecule is CC1CCCC(CNC(=O)N2CCC[C@@H]2C(=O)O)C1. The van der Waals surface area contributed by atoms with Crippen molar-refractivity contribution in [3.8, 4) is 0 Å². The Hall–Kier alpha value is -1.26. The number of carbonyl (C=O) groups is 2. The summed E-state index contributed by atoms with van der Waals surface area (Å²) < 4.78 is 0. The van der Waals surface area contributed by atoms with Gasteiger partial charge in [-0.1, -0.05) is 19.8 Å². The zero-order valence-electron chi connectivity index (χ0n) is 11.6. The number of nitrogens with one attached hydrogen (secondary N) is 1. The van der Waals surface area contributed by atoms with Gasteiger partial charge in [-0.15, -0.1) is 0 Å². The quantitative estimate of drug-likeness (QED) is 0.823. The van der Waals surface area contributed by atoms with Crippen LogP contribution in [0.5, 0.6) is 0 Å². The van der Waals surface area contributed by atoms with Gasteiger partial charge >= 0.3 is 12.0 Å². The predicted octanol–water partition coefficient (Wildman–Crippen LogP) is 2.07. The topological polar surface area (TPSA) is 69.6 Å². The van der Waals surface area contributed by atoms with E-state index >= 15 is 0 Å². The van der Waals surface area contributed by atoms with Gasteiger partial charge in [0.1, 0.15) is 6.04 Å². The van der Waals surface area contributed by atoms with Crippen LogP contribution >= 0.6 is 0 Å². The normalized spacial score (nSPS) is 31.2. The molecule has 3 atom stereocenters. The Morgan fingerprint density at radius 3 is 2.74 bits per heavy atom. The van der Waals surface area contributed by atoms with Gasteiger partial charge in [-0.2, -0.15) is 0 Å². The molecule has 2 fully saturated rings. The van der Waals surface area contributed by atoms with Crippen LogP contribution in [0.3, 0.4) is 0 Å². The predicted molar refractivity (Wildman–Crippen MR) is 71.9 cm³/mol. The number of likely N-dealkylation sites (tertiary alicyclic amines) is 1. The fourth-order valence-electron chi connectivity index (χ4n) is 3.34. The highest BCUT2D eigenvalue weighted by Crippen LogP contribution is 2.28. The first-order valence-corrected chi connectivity index (χ1v) is 7.35. The molecule has 0 bridgehead atoms. The molecule has 1 saturated carbocycles. The molecule has 2 amide bonds. The molecule has 1 heterocycles. The third kappa shape index (κ3) is 3.61. The molecule has 0 aromatic rings. The summed E-state index contributed by atoms with van der Waals surface area (Å²) in [4.78, 5) is 24.5. The van der Waals surface area contributed by atoms with Gasteiger partial charge in [-0.3, -0.25) is 0 Å². The van der Waals surface area contributed by atoms with Crippen molar-refractivity contribution in [3.63, 3.8) is 0 Å². The molecule has 0 aromatic carbocycles. The van der Waals surface area contributed by atoms with Crippen molar-refractivity contribution in [3.05, 3.63) is 0 Å². The van der Waals surface area contributed by atoms with E-state index in [0.717, 1.165) is 12.3 Å². The molecule has 2 aliphatic rings. The Kier molecular flexibility index (Phi) is 4.66. The molecule has 5 heteroatoms. The molecule has 1 aliphatic carbocycles. The number of rotatable bonds is 3. The Morgan fingerprint density at radius 1 is 1.26 bits per heavy atom. The monoisotopic (exact) mass is 268 g/mol. The Balaban J connectivity index is 1.79. The van der Waals surface area contributed by atoms with E-state index in [1.54, 1.807) is 0 Å². The minimum absolute atomic E-state index is 0.205. The number of urea groups is 1. The van der Waals surface area contributed by atoms with Gasteiger partial charge < -0.3 is 15.3 Å². The summed E-state index contributed by atoms with van der Waals surface area (Å²) in [5, 5.41) is 12.0. The fourth-order valence-corrected chi connectivity index (χ4v) is 3.34. The largest absolute Gasteiger partial charge is 0.480 e. The Labute approximate surface area is 114 Å². The third-order valence-electron chi connectivity index (χ3n) is 4.39. The van der Waals surface area contributed by atoms with Gasteiger partial charge in [0.2, 0.25) is 0 Å². The number of carboxylic acids is 1. The molecule has 0 aromatic heterocycles. The van der Waals surface area contributed by atoms with Crippen LogP contribution in [0.2, 0.25) is 0 Å². The molecule has 2 unspecified atom stereocenters. The van der Waals surface area contributed by atoms with Gasteiger partial charge in [0.25, 0.3) is 0 Å². The summed E-state index contributed by atoms with van der Waals surface area (Å²) in [6.07, 6.45) is 6.23. The van der Waals surface area contributed by atoms with Crippen molar-refractivity contribution in [2.24, 2.45) is 11.8 Å². The standard InChI is InChI=1S/C14H24N2O3/c1-10-4-2-5-11(8-10)9-15-14(19)16-7-3-6-12(16)13(17)18/h10-12H,2-9H2,1H3,(H,15,19)(H,17,18)/t10?,11?,12-/m1/s1. The zero-order chi connectivity index (χ0) is 13.8. The van der Waals surface area contributed by atoms with Crippen LogP contribution in [0.15, 0.2) is 0 Å². The summed E-state index contributed by atoms with van der Waals surface area (Å²) >= 11 is 0. The molecule has 1 saturated heterocycles. The van der Waals surface area contributed by atoms with Crippen LogP contribution in [-0.4, -0.2) is 41.1 Å². The second-order valence-electron chi connectivity index (χ2n) is 6.01. The van der Waals surface area contributed by atoms with Crippen LogP contribution in [0.1, 0.15) is 45.4 Å². The van der Waals surface area contributed by atoms with Crippen molar-refractivity contribution >= 4 is 12.0 Å². The zero-order valence-corrected chi connectivity index (χ0v) is 11.6. The van der Waals surface area contributed by atoms with Crippen LogP contribution in [0.4, 0.5) is 4.79 Å². The van der Waals surface area contributed by atoms with Crippen LogP contribution in [-0.2, 0) is 4.79 Å². The van der Waals surface area contributed by atoms with Crippen molar-refractivity contribution in [2.45, 2.75) is 51.5 Å². The average Bonchev–Trinajstić information content (AvgIpc) is 2.85. The molecule has 0 radical (unpaired) electrons. The van der Waals surface area contributed by atoms with Gasteiger partial charge in [0.05, 0.1) is 0 Å². The first kappa shape index (κ1) is 14.2. The van der Waals surface area contributed by atoms with Crippen molar-refractivity contribution in [1.29, 1.82) is 0 Å². The highest BCUT2D eigenvalue weighted by molar-refractivity contribution is 5.83. The van der Waals surface area contributed by atoms with E-state index in [0.29, 0.717) is 25.4 Å². The van der Waals surface area contributed by atoms with E-state index < -0.39 is 12.0 Å². The first-order valence-electron chi connectivity index (χ1n) is 7.35. The van der Waals surface area contributed by atoms with E-state index in [-0.39, 0.29) is 6.03 Å². The minimum Gasteiger partial charge on any atom is -0.480 e. The highest BCUT2D eigenvalue weighted by Gasteiger charge is 2.34. The van der Waals surface area contributed by atoms with E-state index in [9.17, 15) is 9.59 Å². The maximum Gasteiger partial charge on any atom is 0.326 e. The van der Waals surface area contributed by atoms with Crippen molar-refractivity contribution in [2.75, 3.05) is 13.1 Å². The summed E-state index contributed by atoms with van der Waals surface area (Å²) in [6.45, 7) is 3.50. The summed E-state index contributed by atoms with van der Waals surface area (Å²) in [7, 11) is 0. The van der Waals surface area contributed by atoms with E-state index in [4.69, 9.17) is 5.11 Å². The van der Waals surface area contributed by atoms with Gasteiger partial charge in [-0.25, -0.2) is 9.59 Å². The van der Waals surface area contributed by atoms with Crippen LogP contribution in [0.25, 0.3) is 0 Å². The lowest BCUT2D eigenvalue weighted by atomic mass is 9.82. The van der Waals surface area contributed by atoms with Crippen LogP contribution < -0.4 is 5.32 Å². The maximum absolute atomic E-state index is 12.0. The third-order valence-corrected chi connectivity index (χ3v) is 4.39. The molecule has 0 spiro atoms. The minimum atomic E-state index is -0.890. The van der Waals surface area contributed by atoms with Gasteiger partial charge in [-0.05, 0) is 37.5 Å². The number of hydrogen-bond acceptors (Lipinski definition) is 2. The van der Waals surface area contributed by atoms with Gasteiger partial charge in [0.15, 0.2) is 0 Å². The first-order chi connectivity index (χ1) is 9.08. The summed E-state index contributed by atoms with van der Waals surface area (Å²) in [6, 6.07) is -0.839. The molecule has 19 heavy (non-hydrogen) atoms. The second kappa shape index (κ2) is 6.26. The average molecular weight is 268 g/mol. The van der Waals surface area contributed by atoms with Crippen molar-refractivity contribution in [1.82, 2.24) is 10.2 Å². The molecular formula is C14H24N2O3. The van der Waals surface area contributed by atoms with Gasteiger partial charge in [0, 0.05) is 13.1 Å². The second-order valence-corrected chi connectivity index (χ2v) is 6.01.